The van der Waals surface area contributed by atoms with Crippen LogP contribution in [-0.4, -0.2) is 48.3 Å². The van der Waals surface area contributed by atoms with Crippen LogP contribution >= 0.6 is 11.6 Å². The number of rotatable bonds is 6. The first-order valence-electron chi connectivity index (χ1n) is 5.61. The predicted octanol–water partition coefficient (Wildman–Crippen LogP) is 0.0109. The van der Waals surface area contributed by atoms with E-state index in [-0.39, 0.29) is 16.8 Å². The highest BCUT2D eigenvalue weighted by atomic mass is 35.5. The van der Waals surface area contributed by atoms with E-state index in [0.717, 1.165) is 0 Å². The van der Waals surface area contributed by atoms with E-state index in [2.05, 4.69) is 20.8 Å². The van der Waals surface area contributed by atoms with Crippen molar-refractivity contribution in [2.45, 2.75) is 13.0 Å². The van der Waals surface area contributed by atoms with Crippen molar-refractivity contribution >= 4 is 23.4 Å². The molecule has 0 spiro atoms. The molecule has 0 aromatic carbocycles. The molecule has 2 amide bonds. The molecule has 104 valence electrons. The molecule has 1 aromatic rings. The smallest absolute Gasteiger partial charge is 0.272 e. The van der Waals surface area contributed by atoms with Crippen LogP contribution < -0.4 is 10.6 Å². The molecule has 1 aromatic heterocycles. The van der Waals surface area contributed by atoms with Crippen LogP contribution in [0.1, 0.15) is 17.4 Å². The number of carbonyl (C=O) groups is 2. The number of hydrogen-bond donors (Lipinski definition) is 2. The maximum Gasteiger partial charge on any atom is 0.272 e. The summed E-state index contributed by atoms with van der Waals surface area (Å²) in [6.07, 6.45) is 0. The first-order valence-corrected chi connectivity index (χ1v) is 5.99. The van der Waals surface area contributed by atoms with E-state index < -0.39 is 11.9 Å². The summed E-state index contributed by atoms with van der Waals surface area (Å²) in [4.78, 5) is 23.3. The van der Waals surface area contributed by atoms with Crippen LogP contribution in [-0.2, 0) is 9.53 Å². The van der Waals surface area contributed by atoms with Crippen LogP contribution in [0.3, 0.4) is 0 Å². The maximum absolute atomic E-state index is 11.7. The standard InChI is InChI=1S/C11H15ClN4O3/c1-7(10(17)13-5-6-19-2)14-11(18)8-3-4-9(12)16-15-8/h3-4,7H,5-6H2,1-2H3,(H,13,17)(H,14,18). The summed E-state index contributed by atoms with van der Waals surface area (Å²) in [5, 5.41) is 12.5. The van der Waals surface area contributed by atoms with Gasteiger partial charge in [-0.1, -0.05) is 11.6 Å². The molecule has 7 nitrogen and oxygen atoms in total. The van der Waals surface area contributed by atoms with Gasteiger partial charge in [-0.3, -0.25) is 9.59 Å². The number of carbonyl (C=O) groups excluding carboxylic acids is 2. The monoisotopic (exact) mass is 286 g/mol. The fraction of sp³-hybridized carbons (Fsp3) is 0.455. The number of aromatic nitrogens is 2. The van der Waals surface area contributed by atoms with Crippen molar-refractivity contribution < 1.29 is 14.3 Å². The predicted molar refractivity (Wildman–Crippen MR) is 68.9 cm³/mol. The third-order valence-electron chi connectivity index (χ3n) is 2.21. The van der Waals surface area contributed by atoms with Gasteiger partial charge in [0.25, 0.3) is 5.91 Å². The van der Waals surface area contributed by atoms with Gasteiger partial charge in [0.2, 0.25) is 5.91 Å². The topological polar surface area (TPSA) is 93.2 Å². The van der Waals surface area contributed by atoms with E-state index in [0.29, 0.717) is 13.2 Å². The molecule has 0 saturated carbocycles. The van der Waals surface area contributed by atoms with Crippen LogP contribution in [0.4, 0.5) is 0 Å². The van der Waals surface area contributed by atoms with Gasteiger partial charge in [0.1, 0.15) is 6.04 Å². The Morgan fingerprint density at radius 3 is 2.74 bits per heavy atom. The minimum atomic E-state index is -0.679. The van der Waals surface area contributed by atoms with Crippen molar-refractivity contribution in [3.63, 3.8) is 0 Å². The van der Waals surface area contributed by atoms with Gasteiger partial charge < -0.3 is 15.4 Å². The van der Waals surface area contributed by atoms with Gasteiger partial charge in [-0.15, -0.1) is 10.2 Å². The summed E-state index contributed by atoms with van der Waals surface area (Å²) in [5.74, 6) is -0.786. The summed E-state index contributed by atoms with van der Waals surface area (Å²) < 4.78 is 4.80. The van der Waals surface area contributed by atoms with Crippen LogP contribution in [0, 0.1) is 0 Å². The molecule has 0 aliphatic rings. The first-order chi connectivity index (χ1) is 9.04. The van der Waals surface area contributed by atoms with Gasteiger partial charge >= 0.3 is 0 Å². The largest absolute Gasteiger partial charge is 0.383 e. The molecule has 0 radical (unpaired) electrons. The van der Waals surface area contributed by atoms with Crippen LogP contribution in [0.2, 0.25) is 5.15 Å². The average molecular weight is 287 g/mol. The molecular weight excluding hydrogens is 272 g/mol. The summed E-state index contributed by atoms with van der Waals surface area (Å²) in [7, 11) is 1.54. The van der Waals surface area contributed by atoms with Gasteiger partial charge in [0, 0.05) is 13.7 Å². The molecule has 0 fully saturated rings. The number of hydrogen-bond acceptors (Lipinski definition) is 5. The summed E-state index contributed by atoms with van der Waals surface area (Å²) in [6, 6.07) is 2.20. The zero-order chi connectivity index (χ0) is 14.3. The lowest BCUT2D eigenvalue weighted by atomic mass is 10.3. The lowest BCUT2D eigenvalue weighted by Crippen LogP contribution is -2.45. The Kier molecular flexibility index (Phi) is 6.17. The SMILES string of the molecule is COCCNC(=O)C(C)NC(=O)c1ccc(Cl)nn1. The molecule has 8 heteroatoms. The van der Waals surface area contributed by atoms with Crippen molar-refractivity contribution in [1.82, 2.24) is 20.8 Å². The zero-order valence-electron chi connectivity index (χ0n) is 10.6. The fourth-order valence-electron chi connectivity index (χ4n) is 1.20. The normalized spacial score (nSPS) is 11.7. The average Bonchev–Trinajstić information content (AvgIpc) is 2.39. The van der Waals surface area contributed by atoms with Crippen LogP contribution in [0.5, 0.6) is 0 Å². The van der Waals surface area contributed by atoms with Crippen molar-refractivity contribution in [3.05, 3.63) is 23.0 Å². The lowest BCUT2D eigenvalue weighted by molar-refractivity contribution is -0.122. The van der Waals surface area contributed by atoms with Crippen molar-refractivity contribution in [2.24, 2.45) is 0 Å². The van der Waals surface area contributed by atoms with Crippen LogP contribution in [0.25, 0.3) is 0 Å². The second-order valence-electron chi connectivity index (χ2n) is 3.72. The van der Waals surface area contributed by atoms with E-state index >= 15 is 0 Å². The van der Waals surface area contributed by atoms with Gasteiger partial charge in [-0.25, -0.2) is 0 Å². The molecule has 1 rings (SSSR count). The van der Waals surface area contributed by atoms with Crippen molar-refractivity contribution in [2.75, 3.05) is 20.3 Å². The number of ether oxygens (including phenoxy) is 1. The van der Waals surface area contributed by atoms with E-state index in [9.17, 15) is 9.59 Å². The number of nitrogens with zero attached hydrogens (tertiary/aromatic N) is 2. The Hall–Kier alpha value is -1.73. The Morgan fingerprint density at radius 2 is 2.16 bits per heavy atom. The number of halogens is 1. The minimum absolute atomic E-state index is 0.0981. The first kappa shape index (κ1) is 15.3. The van der Waals surface area contributed by atoms with Crippen molar-refractivity contribution in [3.8, 4) is 0 Å². The third-order valence-corrected chi connectivity index (χ3v) is 2.41. The highest BCUT2D eigenvalue weighted by Gasteiger charge is 2.17. The Morgan fingerprint density at radius 1 is 1.42 bits per heavy atom. The molecule has 19 heavy (non-hydrogen) atoms. The molecule has 0 saturated heterocycles. The Bertz CT molecular complexity index is 438. The second kappa shape index (κ2) is 7.65. The summed E-state index contributed by atoms with van der Waals surface area (Å²) in [6.45, 7) is 2.37. The number of methoxy groups -OCH3 is 1. The van der Waals surface area contributed by atoms with Gasteiger partial charge in [-0.05, 0) is 19.1 Å². The second-order valence-corrected chi connectivity index (χ2v) is 4.11. The van der Waals surface area contributed by atoms with E-state index in [1.54, 1.807) is 6.92 Å². The maximum atomic E-state index is 11.7. The zero-order valence-corrected chi connectivity index (χ0v) is 11.4. The van der Waals surface area contributed by atoms with E-state index in [1.165, 1.54) is 19.2 Å². The van der Waals surface area contributed by atoms with Crippen molar-refractivity contribution in [1.29, 1.82) is 0 Å². The lowest BCUT2D eigenvalue weighted by Gasteiger charge is -2.13. The van der Waals surface area contributed by atoms with Gasteiger partial charge in [0.15, 0.2) is 10.8 Å². The highest BCUT2D eigenvalue weighted by Crippen LogP contribution is 2.02. The molecule has 0 aliphatic carbocycles. The summed E-state index contributed by atoms with van der Waals surface area (Å²) >= 11 is 5.56. The quantitative estimate of drug-likeness (QED) is 0.719. The van der Waals surface area contributed by atoms with Gasteiger partial charge in [-0.2, -0.15) is 0 Å². The molecule has 0 bridgehead atoms. The van der Waals surface area contributed by atoms with E-state index in [4.69, 9.17) is 16.3 Å². The third kappa shape index (κ3) is 5.19. The summed E-state index contributed by atoms with van der Waals surface area (Å²) in [5.41, 5.74) is 0.0981. The minimum Gasteiger partial charge on any atom is -0.383 e. The molecule has 1 atom stereocenters. The molecule has 1 unspecified atom stereocenters. The Balaban J connectivity index is 2.47. The number of nitrogens with one attached hydrogen (secondary N) is 2. The highest BCUT2D eigenvalue weighted by molar-refractivity contribution is 6.29. The molecule has 2 N–H and O–H groups in total. The fourth-order valence-corrected chi connectivity index (χ4v) is 1.30. The number of amides is 2. The van der Waals surface area contributed by atoms with Gasteiger partial charge in [0.05, 0.1) is 6.61 Å². The molecule has 0 aliphatic heterocycles. The van der Waals surface area contributed by atoms with Crippen LogP contribution in [0.15, 0.2) is 12.1 Å². The van der Waals surface area contributed by atoms with E-state index in [1.807, 2.05) is 0 Å². The molecule has 1 heterocycles. The molecular formula is C11H15ClN4O3. The Labute approximate surface area is 115 Å².